The maximum atomic E-state index is 12.2. The molecule has 1 heterocycles. The Labute approximate surface area is 108 Å². The normalized spacial score (nSPS) is 11.7. The number of nitrogens with one attached hydrogen (secondary N) is 2. The molecule has 3 heteroatoms. The molecule has 0 aliphatic carbocycles. The molecule has 0 atom stereocenters. The van der Waals surface area contributed by atoms with Gasteiger partial charge in [-0.05, 0) is 30.0 Å². The number of carbonyl (C=O) groups excluding carboxylic acids is 1. The van der Waals surface area contributed by atoms with Crippen LogP contribution in [0.25, 0.3) is 10.9 Å². The van der Waals surface area contributed by atoms with E-state index in [4.69, 9.17) is 0 Å². The van der Waals surface area contributed by atoms with E-state index < -0.39 is 0 Å². The molecule has 0 aliphatic heterocycles. The molecule has 2 rings (SSSR count). The molecule has 0 bridgehead atoms. The van der Waals surface area contributed by atoms with Gasteiger partial charge in [0, 0.05) is 29.2 Å². The monoisotopic (exact) mass is 244 g/mol. The standard InChI is InChI=1S/C15H20N2O/c1-4-15(2,3)10-17-14(18)12-6-5-7-13-11(12)8-9-16-13/h5-9,16H,4,10H2,1-3H3,(H,17,18). The third kappa shape index (κ3) is 2.55. The number of rotatable bonds is 4. The van der Waals surface area contributed by atoms with Crippen LogP contribution in [0.15, 0.2) is 30.5 Å². The molecule has 0 aliphatic rings. The summed E-state index contributed by atoms with van der Waals surface area (Å²) in [5.74, 6) is 0.00160. The first kappa shape index (κ1) is 12.7. The van der Waals surface area contributed by atoms with Crippen molar-refractivity contribution < 1.29 is 4.79 Å². The van der Waals surface area contributed by atoms with Crippen LogP contribution in [-0.2, 0) is 0 Å². The van der Waals surface area contributed by atoms with Gasteiger partial charge in [0.05, 0.1) is 0 Å². The minimum Gasteiger partial charge on any atom is -0.361 e. The van der Waals surface area contributed by atoms with Crippen molar-refractivity contribution in [3.8, 4) is 0 Å². The maximum absolute atomic E-state index is 12.2. The summed E-state index contributed by atoms with van der Waals surface area (Å²) in [7, 11) is 0. The largest absolute Gasteiger partial charge is 0.361 e. The quantitative estimate of drug-likeness (QED) is 0.851. The lowest BCUT2D eigenvalue weighted by Crippen LogP contribution is -2.33. The van der Waals surface area contributed by atoms with Gasteiger partial charge in [-0.25, -0.2) is 0 Å². The molecule has 2 aromatic rings. The van der Waals surface area contributed by atoms with Gasteiger partial charge in [-0.1, -0.05) is 26.8 Å². The zero-order valence-corrected chi connectivity index (χ0v) is 11.2. The van der Waals surface area contributed by atoms with E-state index >= 15 is 0 Å². The first-order chi connectivity index (χ1) is 8.53. The lowest BCUT2D eigenvalue weighted by atomic mass is 9.90. The molecule has 3 nitrogen and oxygen atoms in total. The molecule has 1 aromatic heterocycles. The summed E-state index contributed by atoms with van der Waals surface area (Å²) < 4.78 is 0. The first-order valence-electron chi connectivity index (χ1n) is 6.38. The van der Waals surface area contributed by atoms with Gasteiger partial charge in [0.25, 0.3) is 5.91 Å². The van der Waals surface area contributed by atoms with Crippen molar-refractivity contribution in [2.45, 2.75) is 27.2 Å². The molecular weight excluding hydrogens is 224 g/mol. The Balaban J connectivity index is 2.17. The predicted octanol–water partition coefficient (Wildman–Crippen LogP) is 3.33. The molecule has 18 heavy (non-hydrogen) atoms. The SMILES string of the molecule is CCC(C)(C)CNC(=O)c1cccc2[nH]ccc12. The van der Waals surface area contributed by atoms with Crippen LogP contribution in [-0.4, -0.2) is 17.4 Å². The summed E-state index contributed by atoms with van der Waals surface area (Å²) >= 11 is 0. The van der Waals surface area contributed by atoms with Crippen LogP contribution in [0.3, 0.4) is 0 Å². The molecule has 0 unspecified atom stereocenters. The highest BCUT2D eigenvalue weighted by Gasteiger charge is 2.17. The van der Waals surface area contributed by atoms with Crippen LogP contribution in [0, 0.1) is 5.41 Å². The van der Waals surface area contributed by atoms with Crippen LogP contribution >= 0.6 is 0 Å². The second-order valence-corrected chi connectivity index (χ2v) is 5.44. The fraction of sp³-hybridized carbons (Fsp3) is 0.400. The van der Waals surface area contributed by atoms with Gasteiger partial charge >= 0.3 is 0 Å². The Morgan fingerprint density at radius 2 is 2.11 bits per heavy atom. The topological polar surface area (TPSA) is 44.9 Å². The number of benzene rings is 1. The minimum absolute atomic E-state index is 0.00160. The van der Waals surface area contributed by atoms with Crippen LogP contribution in [0.2, 0.25) is 0 Å². The van der Waals surface area contributed by atoms with E-state index in [-0.39, 0.29) is 11.3 Å². The summed E-state index contributed by atoms with van der Waals surface area (Å²) in [4.78, 5) is 15.3. The van der Waals surface area contributed by atoms with E-state index in [1.54, 1.807) is 0 Å². The van der Waals surface area contributed by atoms with Crippen molar-refractivity contribution in [1.29, 1.82) is 0 Å². The third-order valence-electron chi connectivity index (χ3n) is 3.52. The van der Waals surface area contributed by atoms with Crippen LogP contribution in [0.5, 0.6) is 0 Å². The molecule has 96 valence electrons. The number of carbonyl (C=O) groups is 1. The van der Waals surface area contributed by atoms with E-state index in [0.717, 1.165) is 22.9 Å². The van der Waals surface area contributed by atoms with Crippen molar-refractivity contribution in [2.24, 2.45) is 5.41 Å². The van der Waals surface area contributed by atoms with Crippen molar-refractivity contribution in [1.82, 2.24) is 10.3 Å². The molecule has 0 spiro atoms. The van der Waals surface area contributed by atoms with E-state index in [2.05, 4.69) is 31.1 Å². The average Bonchev–Trinajstić information content (AvgIpc) is 2.84. The van der Waals surface area contributed by atoms with Gasteiger partial charge in [0.1, 0.15) is 0 Å². The van der Waals surface area contributed by atoms with E-state index in [1.165, 1.54) is 0 Å². The highest BCUT2D eigenvalue weighted by molar-refractivity contribution is 6.06. The smallest absolute Gasteiger partial charge is 0.251 e. The molecule has 1 aromatic carbocycles. The van der Waals surface area contributed by atoms with Gasteiger partial charge < -0.3 is 10.3 Å². The van der Waals surface area contributed by atoms with Crippen LogP contribution < -0.4 is 5.32 Å². The van der Waals surface area contributed by atoms with E-state index in [9.17, 15) is 4.79 Å². The number of hydrogen-bond donors (Lipinski definition) is 2. The molecule has 0 radical (unpaired) electrons. The maximum Gasteiger partial charge on any atom is 0.251 e. The van der Waals surface area contributed by atoms with Crippen molar-refractivity contribution in [3.63, 3.8) is 0 Å². The fourth-order valence-electron chi connectivity index (χ4n) is 1.82. The third-order valence-corrected chi connectivity index (χ3v) is 3.52. The second-order valence-electron chi connectivity index (χ2n) is 5.44. The number of fused-ring (bicyclic) bond motifs is 1. The van der Waals surface area contributed by atoms with E-state index in [0.29, 0.717) is 6.54 Å². The van der Waals surface area contributed by atoms with Crippen molar-refractivity contribution in [3.05, 3.63) is 36.0 Å². The number of aromatic nitrogens is 1. The molecule has 0 saturated carbocycles. The van der Waals surface area contributed by atoms with Gasteiger partial charge in [0.2, 0.25) is 0 Å². The fourth-order valence-corrected chi connectivity index (χ4v) is 1.82. The van der Waals surface area contributed by atoms with Gasteiger partial charge in [0.15, 0.2) is 0 Å². The summed E-state index contributed by atoms with van der Waals surface area (Å²) in [5, 5.41) is 4.00. The Morgan fingerprint density at radius 3 is 2.83 bits per heavy atom. The molecular formula is C15H20N2O. The summed E-state index contributed by atoms with van der Waals surface area (Å²) in [6.45, 7) is 7.15. The number of aromatic amines is 1. The number of amides is 1. The minimum atomic E-state index is 0.00160. The lowest BCUT2D eigenvalue weighted by Gasteiger charge is -2.22. The van der Waals surface area contributed by atoms with E-state index in [1.807, 2.05) is 30.5 Å². The first-order valence-corrected chi connectivity index (χ1v) is 6.38. The lowest BCUT2D eigenvalue weighted by molar-refractivity contribution is 0.0937. The van der Waals surface area contributed by atoms with Gasteiger partial charge in [-0.2, -0.15) is 0 Å². The zero-order valence-electron chi connectivity index (χ0n) is 11.2. The predicted molar refractivity (Wildman–Crippen MR) is 74.7 cm³/mol. The highest BCUT2D eigenvalue weighted by atomic mass is 16.1. The molecule has 0 saturated heterocycles. The second kappa shape index (κ2) is 4.84. The molecule has 2 N–H and O–H groups in total. The summed E-state index contributed by atoms with van der Waals surface area (Å²) in [5.41, 5.74) is 1.87. The van der Waals surface area contributed by atoms with Crippen LogP contribution in [0.4, 0.5) is 0 Å². The Morgan fingerprint density at radius 1 is 1.33 bits per heavy atom. The number of H-pyrrole nitrogens is 1. The average molecular weight is 244 g/mol. The molecule has 0 fully saturated rings. The van der Waals surface area contributed by atoms with Crippen LogP contribution in [0.1, 0.15) is 37.6 Å². The Kier molecular flexibility index (Phi) is 3.41. The van der Waals surface area contributed by atoms with Gasteiger partial charge in [-0.15, -0.1) is 0 Å². The summed E-state index contributed by atoms with van der Waals surface area (Å²) in [6.07, 6.45) is 2.90. The van der Waals surface area contributed by atoms with Crippen molar-refractivity contribution in [2.75, 3.05) is 6.54 Å². The molecule has 1 amide bonds. The van der Waals surface area contributed by atoms with Gasteiger partial charge in [-0.3, -0.25) is 4.79 Å². The number of hydrogen-bond acceptors (Lipinski definition) is 1. The zero-order chi connectivity index (χ0) is 13.2. The summed E-state index contributed by atoms with van der Waals surface area (Å²) in [6, 6.07) is 7.68. The Hall–Kier alpha value is -1.77. The Bertz CT molecular complexity index is 554. The highest BCUT2D eigenvalue weighted by Crippen LogP contribution is 2.20. The van der Waals surface area contributed by atoms with Crippen molar-refractivity contribution >= 4 is 16.8 Å².